The first-order valence-corrected chi connectivity index (χ1v) is 35.1. The Morgan fingerprint density at radius 1 is 0.441 bits per heavy atom. The second-order valence-corrected chi connectivity index (χ2v) is 31.6. The van der Waals surface area contributed by atoms with Gasteiger partial charge in [-0.2, -0.15) is 0 Å². The molecule has 37 nitrogen and oxygen atoms in total. The first kappa shape index (κ1) is 89.1. The maximum Gasteiger partial charge on any atom is 0.326 e. The molecule has 1 aromatic carbocycles. The zero-order valence-corrected chi connectivity index (χ0v) is 59.2. The van der Waals surface area contributed by atoms with E-state index in [0.29, 0.717) is 5.19 Å². The Morgan fingerprint density at radius 2 is 0.863 bits per heavy atom. The predicted octanol–water partition coefficient (Wildman–Crippen LogP) is -2.49. The number of amides is 8. The average molecular weight is 1470 g/mol. The standard InChI is InChI=1S/C63H101FN12O25Si/c1-62(2,3)102(64,63(4,5)6)39-14-12-38(13-15-39)54(89)67-34-44(69-49(80)20-18-45(60(99)100)76-32-30-74(36-52(85)86)28-26-73(35-51(83)84)27-29-75(31-33-76)37-53(87)88)55(90)70-41(57(93)94)10-7-8-24-65-46(77)21-22-47(78)66-25-9-11-40(56(91)92)68-48(79)19-16-42(58(95)96)71-61(101)72-43(59(97)98)17-23-50(81)82/h12-15,40-45,56,91-92H,7-11,16-37H2,1-6H3,(H,65,77)(H,66,78)(H,67,89)(H,68,79)(H,69,80)(H,70,90)(H,81,82)(H,83,84)(H,85,86)(H,87,88)(H,93,94)(H,95,96)(H,97,98)(H,99,100)(H2,71,72,101)/t40-,41+,42-,43-,44+,45+/m0/s1. The minimum absolute atomic E-state index is 0.0145. The molecule has 574 valence electrons. The first-order chi connectivity index (χ1) is 47.5. The number of rotatable bonds is 43. The molecule has 1 fully saturated rings. The van der Waals surface area contributed by atoms with Crippen molar-refractivity contribution in [1.82, 2.24) is 62.1 Å². The van der Waals surface area contributed by atoms with E-state index >= 15 is 4.11 Å². The Balaban J connectivity index is 2.15. The van der Waals surface area contributed by atoms with Crippen LogP contribution >= 0.6 is 0 Å². The molecule has 0 aliphatic carbocycles. The summed E-state index contributed by atoms with van der Waals surface area (Å²) in [5, 5.41) is 115. The van der Waals surface area contributed by atoms with Crippen molar-refractivity contribution in [3.05, 3.63) is 29.8 Å². The Hall–Kier alpha value is -9.02. The zero-order chi connectivity index (χ0) is 77.2. The van der Waals surface area contributed by atoms with Gasteiger partial charge in [0.2, 0.25) is 29.5 Å². The summed E-state index contributed by atoms with van der Waals surface area (Å²) >= 11 is 0. The van der Waals surface area contributed by atoms with Crippen molar-refractivity contribution in [2.45, 2.75) is 178 Å². The van der Waals surface area contributed by atoms with Crippen LogP contribution in [0.15, 0.2) is 24.3 Å². The van der Waals surface area contributed by atoms with Gasteiger partial charge in [-0.05, 0) is 78.8 Å². The number of unbranched alkanes of at least 4 members (excludes halogenated alkanes) is 1. The van der Waals surface area contributed by atoms with Crippen LogP contribution in [0.3, 0.4) is 0 Å². The molecule has 1 saturated heterocycles. The lowest BCUT2D eigenvalue weighted by atomic mass is 10.1. The largest absolute Gasteiger partial charge is 0.481 e. The van der Waals surface area contributed by atoms with E-state index in [0.717, 1.165) is 0 Å². The number of nitrogens with zero attached hydrogens (tertiary/aromatic N) is 4. The van der Waals surface area contributed by atoms with Gasteiger partial charge in [0, 0.05) is 110 Å². The number of aliphatic hydroxyl groups excluding tert-OH is 1. The molecule has 8 amide bonds. The minimum atomic E-state index is -3.77. The number of hydrogen-bond acceptors (Lipinski definition) is 21. The number of carbonyl (C=O) groups excluding carboxylic acids is 7. The highest BCUT2D eigenvalue weighted by Gasteiger charge is 2.56. The van der Waals surface area contributed by atoms with Crippen LogP contribution in [0.4, 0.5) is 8.90 Å². The smallest absolute Gasteiger partial charge is 0.326 e. The quantitative estimate of drug-likeness (QED) is 0.0139. The summed E-state index contributed by atoms with van der Waals surface area (Å²) in [6.07, 6.45) is -6.06. The zero-order valence-electron chi connectivity index (χ0n) is 58.2. The topological polar surface area (TPSA) is 568 Å². The van der Waals surface area contributed by atoms with E-state index in [4.69, 9.17) is 5.11 Å². The molecule has 0 saturated carbocycles. The van der Waals surface area contributed by atoms with Gasteiger partial charge in [0.15, 0.2) is 6.29 Å². The van der Waals surface area contributed by atoms with Crippen LogP contribution in [0.5, 0.6) is 0 Å². The van der Waals surface area contributed by atoms with E-state index in [-0.39, 0.29) is 116 Å². The third-order valence-electron chi connectivity index (χ3n) is 16.7. The van der Waals surface area contributed by atoms with Crippen molar-refractivity contribution in [3.8, 4) is 0 Å². The van der Waals surface area contributed by atoms with Gasteiger partial charge < -0.3 is 97.7 Å². The molecular formula is C63H101FN12O25Si. The Kier molecular flexibility index (Phi) is 38.2. The van der Waals surface area contributed by atoms with Gasteiger partial charge >= 0.3 is 53.8 Å². The van der Waals surface area contributed by atoms with E-state index in [1.807, 2.05) is 10.6 Å². The second-order valence-electron chi connectivity index (χ2n) is 26.7. The highest BCUT2D eigenvalue weighted by Crippen LogP contribution is 2.51. The lowest BCUT2D eigenvalue weighted by Crippen LogP contribution is -2.58. The number of urea groups is 1. The van der Waals surface area contributed by atoms with Crippen molar-refractivity contribution in [3.63, 3.8) is 0 Å². The van der Waals surface area contributed by atoms with Crippen LogP contribution in [-0.4, -0.2) is 302 Å². The molecule has 0 bridgehead atoms. The van der Waals surface area contributed by atoms with Crippen LogP contribution in [0.2, 0.25) is 10.1 Å². The molecule has 6 atom stereocenters. The Bertz CT molecular complexity index is 3000. The van der Waals surface area contributed by atoms with Gasteiger partial charge in [-0.15, -0.1) is 0 Å². The molecule has 1 heterocycles. The molecule has 1 aliphatic rings. The van der Waals surface area contributed by atoms with Gasteiger partial charge in [-0.25, -0.2) is 19.2 Å². The summed E-state index contributed by atoms with van der Waals surface area (Å²) in [5.41, 5.74) is 0.0404. The van der Waals surface area contributed by atoms with Crippen LogP contribution in [0.25, 0.3) is 0 Å². The molecule has 39 heteroatoms. The third-order valence-corrected chi connectivity index (χ3v) is 22.0. The summed E-state index contributed by atoms with van der Waals surface area (Å²) in [6, 6.07) is -4.92. The van der Waals surface area contributed by atoms with Crippen LogP contribution in [-0.2, 0) is 62.3 Å². The van der Waals surface area contributed by atoms with E-state index in [9.17, 15) is 118 Å². The number of carboxylic acids is 8. The summed E-state index contributed by atoms with van der Waals surface area (Å²) in [5.74, 6) is -15.9. The first-order valence-electron chi connectivity index (χ1n) is 33.2. The second kappa shape index (κ2) is 43.7. The predicted molar refractivity (Wildman–Crippen MR) is 360 cm³/mol. The fourth-order valence-corrected chi connectivity index (χ4v) is 16.0. The fraction of sp³-hybridized carbons (Fsp3) is 0.667. The fourth-order valence-electron chi connectivity index (χ4n) is 11.4. The summed E-state index contributed by atoms with van der Waals surface area (Å²) in [4.78, 5) is 193. The SMILES string of the molecule is CC(C)(C)[Si](F)(c1ccc(C(=O)NC[C@@H](NC(=O)CC[C@H](C(=O)O)N2CCN(CC(=O)O)CCN(CC(=O)O)CCN(CC(=O)O)CC2)C(=O)N[C@H](CCCCNC(=O)CCC(=O)NCCC[C@H](NC(=O)CC[C@H](NC(=O)N[C@@H](CCC(=O)O)C(=O)O)C(=O)O)C(O)O)C(=O)O)cc1)C(C)(C)C. The number of carbonyl (C=O) groups is 15. The highest BCUT2D eigenvalue weighted by atomic mass is 28.4. The molecule has 18 N–H and O–H groups in total. The number of aliphatic hydroxyl groups is 2. The number of aliphatic carboxylic acids is 8. The highest BCUT2D eigenvalue weighted by molar-refractivity contribution is 6.90. The molecular weight excluding hydrogens is 1370 g/mol. The molecule has 1 aromatic rings. The molecule has 0 aromatic heterocycles. The monoisotopic (exact) mass is 1470 g/mol. The van der Waals surface area contributed by atoms with E-state index in [1.54, 1.807) is 41.5 Å². The van der Waals surface area contributed by atoms with Gasteiger partial charge in [-0.1, -0.05) is 53.7 Å². The molecule has 0 spiro atoms. The summed E-state index contributed by atoms with van der Waals surface area (Å²) < 4.78 is 17.1. The summed E-state index contributed by atoms with van der Waals surface area (Å²) in [6.45, 7) is 8.52. The number of nitrogens with one attached hydrogen (secondary N) is 8. The lowest BCUT2D eigenvalue weighted by Gasteiger charge is -2.44. The van der Waals surface area contributed by atoms with Gasteiger partial charge in [0.25, 0.3) is 14.3 Å². The van der Waals surface area contributed by atoms with Crippen LogP contribution in [0.1, 0.15) is 135 Å². The third kappa shape index (κ3) is 33.2. The normalized spacial score (nSPS) is 15.7. The van der Waals surface area contributed by atoms with Crippen molar-refractivity contribution < 1.29 is 127 Å². The Labute approximate surface area is 589 Å². The van der Waals surface area contributed by atoms with Crippen LogP contribution < -0.4 is 47.7 Å². The van der Waals surface area contributed by atoms with E-state index in [1.165, 1.54) is 43.9 Å². The maximum absolute atomic E-state index is 17.1. The van der Waals surface area contributed by atoms with Crippen LogP contribution in [0, 0.1) is 0 Å². The maximum atomic E-state index is 17.1. The number of carboxylic acid groups (broad SMARTS) is 8. The molecule has 0 radical (unpaired) electrons. The average Bonchev–Trinajstić information content (AvgIpc) is 0.748. The van der Waals surface area contributed by atoms with Crippen molar-refractivity contribution in [1.29, 1.82) is 0 Å². The van der Waals surface area contributed by atoms with Gasteiger partial charge in [0.05, 0.1) is 25.7 Å². The summed E-state index contributed by atoms with van der Waals surface area (Å²) in [7, 11) is -3.77. The lowest BCUT2D eigenvalue weighted by molar-refractivity contribution is -0.145. The van der Waals surface area contributed by atoms with Gasteiger partial charge in [-0.3, -0.25) is 72.3 Å². The molecule has 0 unspecified atom stereocenters. The number of hydrogen-bond donors (Lipinski definition) is 18. The van der Waals surface area contributed by atoms with E-state index in [2.05, 4.69) is 31.9 Å². The van der Waals surface area contributed by atoms with E-state index < -0.39 is 215 Å². The van der Waals surface area contributed by atoms with Crippen molar-refractivity contribution in [2.75, 3.05) is 91.6 Å². The van der Waals surface area contributed by atoms with Gasteiger partial charge in [0.1, 0.15) is 30.2 Å². The Morgan fingerprint density at radius 3 is 1.28 bits per heavy atom. The molecule has 2 rings (SSSR count). The van der Waals surface area contributed by atoms with Crippen molar-refractivity contribution in [2.24, 2.45) is 0 Å². The minimum Gasteiger partial charge on any atom is -0.481 e. The number of halogens is 1. The van der Waals surface area contributed by atoms with Crippen molar-refractivity contribution >= 4 is 103 Å². The number of benzene rings is 1. The molecule has 1 aliphatic heterocycles. The molecule has 102 heavy (non-hydrogen) atoms.